The van der Waals surface area contributed by atoms with E-state index in [1.54, 1.807) is 13.0 Å². The third-order valence-electron chi connectivity index (χ3n) is 1.38. The van der Waals surface area contributed by atoms with E-state index in [0.717, 1.165) is 0 Å². The summed E-state index contributed by atoms with van der Waals surface area (Å²) in [6.07, 6.45) is 1.67. The van der Waals surface area contributed by atoms with Crippen molar-refractivity contribution in [2.45, 2.75) is 33.2 Å². The number of aliphatic carboxylic acids is 1. The zero-order chi connectivity index (χ0) is 9.78. The summed E-state index contributed by atoms with van der Waals surface area (Å²) in [7, 11) is 0. The zero-order valence-corrected chi connectivity index (χ0v) is 8.14. The second-order valence-electron chi connectivity index (χ2n) is 3.82. The van der Waals surface area contributed by atoms with Crippen molar-refractivity contribution in [2.75, 3.05) is 6.54 Å². The molecular weight excluding hydrogens is 154 g/mol. The third kappa shape index (κ3) is 5.92. The molecule has 2 N–H and O–H groups in total. The van der Waals surface area contributed by atoms with Gasteiger partial charge in [-0.1, -0.05) is 6.08 Å². The van der Waals surface area contributed by atoms with E-state index in [-0.39, 0.29) is 5.54 Å². The summed E-state index contributed by atoms with van der Waals surface area (Å²) in [5.74, 6) is -0.856. The van der Waals surface area contributed by atoms with Crippen molar-refractivity contribution in [3.63, 3.8) is 0 Å². The Morgan fingerprint density at radius 2 is 2.00 bits per heavy atom. The van der Waals surface area contributed by atoms with Crippen LogP contribution in [0.4, 0.5) is 0 Å². The van der Waals surface area contributed by atoms with Crippen molar-refractivity contribution in [1.82, 2.24) is 5.32 Å². The van der Waals surface area contributed by atoms with Crippen LogP contribution >= 0.6 is 0 Å². The Morgan fingerprint density at radius 1 is 1.50 bits per heavy atom. The van der Waals surface area contributed by atoms with Crippen molar-refractivity contribution in [3.8, 4) is 0 Å². The van der Waals surface area contributed by atoms with Crippen LogP contribution in [0.25, 0.3) is 0 Å². The smallest absolute Gasteiger partial charge is 0.330 e. The molecule has 0 aliphatic carbocycles. The monoisotopic (exact) mass is 171 g/mol. The first-order chi connectivity index (χ1) is 5.33. The van der Waals surface area contributed by atoms with Gasteiger partial charge in [-0.2, -0.15) is 0 Å². The van der Waals surface area contributed by atoms with Crippen molar-refractivity contribution >= 4 is 5.97 Å². The summed E-state index contributed by atoms with van der Waals surface area (Å²) in [4.78, 5) is 10.4. The molecule has 0 aliphatic heterocycles. The summed E-state index contributed by atoms with van der Waals surface area (Å²) in [5, 5.41) is 11.7. The van der Waals surface area contributed by atoms with Gasteiger partial charge in [0.15, 0.2) is 0 Å². The molecule has 0 spiro atoms. The molecule has 0 aliphatic rings. The molecule has 0 amide bonds. The molecular formula is C9H17NO2. The summed E-state index contributed by atoms with van der Waals surface area (Å²) in [6.45, 7) is 8.30. The molecule has 0 rings (SSSR count). The molecule has 0 aromatic carbocycles. The number of carboxylic acids is 1. The fourth-order valence-electron chi connectivity index (χ4n) is 0.598. The predicted octanol–water partition coefficient (Wildman–Crippen LogP) is 1.41. The third-order valence-corrected chi connectivity index (χ3v) is 1.38. The summed E-state index contributed by atoms with van der Waals surface area (Å²) in [6, 6.07) is 0. The van der Waals surface area contributed by atoms with Gasteiger partial charge in [0, 0.05) is 17.7 Å². The number of hydrogen-bond donors (Lipinski definition) is 2. The van der Waals surface area contributed by atoms with Gasteiger partial charge in [0.05, 0.1) is 0 Å². The summed E-state index contributed by atoms with van der Waals surface area (Å²) >= 11 is 0. The van der Waals surface area contributed by atoms with Crippen molar-refractivity contribution in [1.29, 1.82) is 0 Å². The molecule has 3 nitrogen and oxygen atoms in total. The number of rotatable bonds is 3. The Hall–Kier alpha value is -0.830. The molecule has 0 radical (unpaired) electrons. The minimum atomic E-state index is -0.856. The fourth-order valence-corrected chi connectivity index (χ4v) is 0.598. The Labute approximate surface area is 73.5 Å². The van der Waals surface area contributed by atoms with E-state index >= 15 is 0 Å². The van der Waals surface area contributed by atoms with Gasteiger partial charge >= 0.3 is 5.97 Å². The van der Waals surface area contributed by atoms with Crippen LogP contribution < -0.4 is 5.32 Å². The van der Waals surface area contributed by atoms with E-state index in [4.69, 9.17) is 5.11 Å². The van der Waals surface area contributed by atoms with Gasteiger partial charge in [-0.25, -0.2) is 4.79 Å². The van der Waals surface area contributed by atoms with Crippen LogP contribution in [0.5, 0.6) is 0 Å². The lowest BCUT2D eigenvalue weighted by Crippen LogP contribution is -2.35. The maximum Gasteiger partial charge on any atom is 0.330 e. The van der Waals surface area contributed by atoms with Crippen molar-refractivity contribution < 1.29 is 9.90 Å². The highest BCUT2D eigenvalue weighted by molar-refractivity contribution is 5.85. The second-order valence-corrected chi connectivity index (χ2v) is 3.82. The summed E-state index contributed by atoms with van der Waals surface area (Å²) in [5.41, 5.74) is 0.418. The lowest BCUT2D eigenvalue weighted by atomic mass is 10.1. The van der Waals surface area contributed by atoms with E-state index < -0.39 is 5.97 Å². The van der Waals surface area contributed by atoms with E-state index in [2.05, 4.69) is 5.32 Å². The molecule has 0 fully saturated rings. The topological polar surface area (TPSA) is 49.3 Å². The van der Waals surface area contributed by atoms with Gasteiger partial charge in [-0.3, -0.25) is 0 Å². The zero-order valence-electron chi connectivity index (χ0n) is 8.14. The second kappa shape index (κ2) is 4.26. The average Bonchev–Trinajstić information content (AvgIpc) is 1.84. The highest BCUT2D eigenvalue weighted by Gasteiger charge is 2.06. The molecule has 0 saturated carbocycles. The van der Waals surface area contributed by atoms with Crippen LogP contribution in [0.15, 0.2) is 11.6 Å². The van der Waals surface area contributed by atoms with Crippen LogP contribution in [0.2, 0.25) is 0 Å². The highest BCUT2D eigenvalue weighted by atomic mass is 16.4. The van der Waals surface area contributed by atoms with Gasteiger partial charge in [0.2, 0.25) is 0 Å². The molecule has 3 heteroatoms. The maximum atomic E-state index is 10.4. The van der Waals surface area contributed by atoms with Gasteiger partial charge < -0.3 is 10.4 Å². The molecule has 0 saturated heterocycles. The molecule has 0 aromatic heterocycles. The Morgan fingerprint density at radius 3 is 2.33 bits per heavy atom. The van der Waals surface area contributed by atoms with Crippen LogP contribution in [0, 0.1) is 0 Å². The first kappa shape index (κ1) is 11.2. The molecule has 70 valence electrons. The molecule has 0 bridgehead atoms. The minimum absolute atomic E-state index is 0.0370. The van der Waals surface area contributed by atoms with Gasteiger partial charge in [-0.15, -0.1) is 0 Å². The quantitative estimate of drug-likeness (QED) is 0.631. The highest BCUT2D eigenvalue weighted by Crippen LogP contribution is 1.98. The van der Waals surface area contributed by atoms with Gasteiger partial charge in [0.25, 0.3) is 0 Å². The Balaban J connectivity index is 3.83. The Kier molecular flexibility index (Phi) is 3.96. The fraction of sp³-hybridized carbons (Fsp3) is 0.667. The van der Waals surface area contributed by atoms with Crippen LogP contribution in [-0.2, 0) is 4.79 Å². The van der Waals surface area contributed by atoms with E-state index in [1.165, 1.54) is 0 Å². The maximum absolute atomic E-state index is 10.4. The first-order valence-corrected chi connectivity index (χ1v) is 3.98. The summed E-state index contributed by atoms with van der Waals surface area (Å²) < 4.78 is 0. The molecule has 0 atom stereocenters. The van der Waals surface area contributed by atoms with Crippen molar-refractivity contribution in [3.05, 3.63) is 11.6 Å². The van der Waals surface area contributed by atoms with E-state index in [1.807, 2.05) is 20.8 Å². The molecule has 0 unspecified atom stereocenters. The normalized spacial score (nSPS) is 13.2. The number of nitrogens with one attached hydrogen (secondary N) is 1. The SMILES string of the molecule is CC(=CCNC(C)(C)C)C(=O)O. The first-order valence-electron chi connectivity index (χ1n) is 3.98. The van der Waals surface area contributed by atoms with Gasteiger partial charge in [-0.05, 0) is 27.7 Å². The predicted molar refractivity (Wildman–Crippen MR) is 49.1 cm³/mol. The lowest BCUT2D eigenvalue weighted by molar-refractivity contribution is -0.132. The number of carboxylic acid groups (broad SMARTS) is 1. The van der Waals surface area contributed by atoms with Crippen molar-refractivity contribution in [2.24, 2.45) is 0 Å². The van der Waals surface area contributed by atoms with Crippen LogP contribution in [0.3, 0.4) is 0 Å². The molecule has 12 heavy (non-hydrogen) atoms. The molecule has 0 aromatic rings. The Bertz CT molecular complexity index is 189. The molecule has 0 heterocycles. The van der Waals surface area contributed by atoms with E-state index in [9.17, 15) is 4.79 Å². The van der Waals surface area contributed by atoms with Crippen LogP contribution in [0.1, 0.15) is 27.7 Å². The average molecular weight is 171 g/mol. The minimum Gasteiger partial charge on any atom is -0.478 e. The van der Waals surface area contributed by atoms with Gasteiger partial charge in [0.1, 0.15) is 0 Å². The van der Waals surface area contributed by atoms with E-state index in [0.29, 0.717) is 12.1 Å². The standard InChI is InChI=1S/C9H17NO2/c1-7(8(11)12)5-6-10-9(2,3)4/h5,10H,6H2,1-4H3,(H,11,12). The largest absolute Gasteiger partial charge is 0.478 e. The lowest BCUT2D eigenvalue weighted by Gasteiger charge is -2.19. The number of carbonyl (C=O) groups is 1. The van der Waals surface area contributed by atoms with Crippen LogP contribution in [-0.4, -0.2) is 23.2 Å². The number of hydrogen-bond acceptors (Lipinski definition) is 2.